The molecule has 0 heterocycles. The summed E-state index contributed by atoms with van der Waals surface area (Å²) in [5, 5.41) is 12.5. The van der Waals surface area contributed by atoms with Crippen LogP contribution < -0.4 is 10.2 Å². The van der Waals surface area contributed by atoms with Gasteiger partial charge < -0.3 is 15.3 Å². The normalized spacial score (nSPS) is 17.9. The molecule has 98 valence electrons. The Balaban J connectivity index is 2.14. The molecular formula is C14H20N2O2. The van der Waals surface area contributed by atoms with E-state index in [1.54, 1.807) is 6.92 Å². The number of anilines is 2. The average Bonchev–Trinajstić information content (AvgIpc) is 3.13. The van der Waals surface area contributed by atoms with Crippen molar-refractivity contribution in [2.24, 2.45) is 5.92 Å². The number of hydrogen-bond donors (Lipinski definition) is 2. The van der Waals surface area contributed by atoms with Crippen LogP contribution in [0.5, 0.6) is 0 Å². The number of hydrogen-bond acceptors (Lipinski definition) is 3. The predicted octanol–water partition coefficient (Wildman–Crippen LogP) is 2.42. The molecule has 0 amide bonds. The van der Waals surface area contributed by atoms with Gasteiger partial charge in [-0.2, -0.15) is 0 Å². The first-order chi connectivity index (χ1) is 8.43. The van der Waals surface area contributed by atoms with Crippen LogP contribution in [0.2, 0.25) is 0 Å². The third-order valence-corrected chi connectivity index (χ3v) is 3.63. The van der Waals surface area contributed by atoms with Gasteiger partial charge in [0.2, 0.25) is 0 Å². The second kappa shape index (κ2) is 4.52. The molecule has 0 aromatic heterocycles. The topological polar surface area (TPSA) is 52.6 Å². The van der Waals surface area contributed by atoms with Crippen molar-refractivity contribution >= 4 is 17.3 Å². The molecule has 0 bridgehead atoms. The van der Waals surface area contributed by atoms with E-state index < -0.39 is 11.5 Å². The summed E-state index contributed by atoms with van der Waals surface area (Å²) in [6.45, 7) is 1.77. The Morgan fingerprint density at radius 2 is 1.89 bits per heavy atom. The van der Waals surface area contributed by atoms with Gasteiger partial charge in [0.25, 0.3) is 0 Å². The number of benzene rings is 1. The van der Waals surface area contributed by atoms with Crippen LogP contribution in [-0.4, -0.2) is 30.7 Å². The summed E-state index contributed by atoms with van der Waals surface area (Å²) in [7, 11) is 3.96. The summed E-state index contributed by atoms with van der Waals surface area (Å²) in [5.41, 5.74) is 1.11. The van der Waals surface area contributed by atoms with E-state index >= 15 is 0 Å². The van der Waals surface area contributed by atoms with E-state index in [1.165, 1.54) is 0 Å². The van der Waals surface area contributed by atoms with Gasteiger partial charge in [-0.05, 0) is 49.9 Å². The number of nitrogens with zero attached hydrogens (tertiary/aromatic N) is 1. The predicted molar refractivity (Wildman–Crippen MR) is 73.2 cm³/mol. The monoisotopic (exact) mass is 248 g/mol. The van der Waals surface area contributed by atoms with Gasteiger partial charge in [0.15, 0.2) is 0 Å². The molecule has 1 unspecified atom stereocenters. The van der Waals surface area contributed by atoms with E-state index in [1.807, 2.05) is 43.3 Å². The van der Waals surface area contributed by atoms with E-state index in [0.29, 0.717) is 0 Å². The molecular weight excluding hydrogens is 228 g/mol. The van der Waals surface area contributed by atoms with Crippen molar-refractivity contribution in [2.45, 2.75) is 25.3 Å². The van der Waals surface area contributed by atoms with Crippen LogP contribution >= 0.6 is 0 Å². The molecule has 4 nitrogen and oxygen atoms in total. The minimum absolute atomic E-state index is 0.239. The molecule has 1 aromatic carbocycles. The Kier molecular flexibility index (Phi) is 3.20. The van der Waals surface area contributed by atoms with Crippen molar-refractivity contribution in [3.63, 3.8) is 0 Å². The van der Waals surface area contributed by atoms with Crippen LogP contribution in [-0.2, 0) is 4.79 Å². The van der Waals surface area contributed by atoms with Gasteiger partial charge in [-0.15, -0.1) is 0 Å². The van der Waals surface area contributed by atoms with Gasteiger partial charge >= 0.3 is 5.97 Å². The van der Waals surface area contributed by atoms with Crippen molar-refractivity contribution in [1.82, 2.24) is 0 Å². The molecule has 0 spiro atoms. The summed E-state index contributed by atoms with van der Waals surface area (Å²) >= 11 is 0. The van der Waals surface area contributed by atoms with E-state index in [-0.39, 0.29) is 5.92 Å². The smallest absolute Gasteiger partial charge is 0.329 e. The zero-order valence-electron chi connectivity index (χ0n) is 11.1. The highest BCUT2D eigenvalue weighted by molar-refractivity contribution is 5.83. The third-order valence-electron chi connectivity index (χ3n) is 3.63. The first kappa shape index (κ1) is 12.7. The molecule has 18 heavy (non-hydrogen) atoms. The van der Waals surface area contributed by atoms with Gasteiger partial charge in [-0.3, -0.25) is 0 Å². The first-order valence-electron chi connectivity index (χ1n) is 6.22. The quantitative estimate of drug-likeness (QED) is 0.840. The molecule has 2 rings (SSSR count). The maximum Gasteiger partial charge on any atom is 0.329 e. The van der Waals surface area contributed by atoms with Crippen LogP contribution in [0.1, 0.15) is 19.8 Å². The Labute approximate surface area is 108 Å². The van der Waals surface area contributed by atoms with Crippen LogP contribution in [0.4, 0.5) is 11.4 Å². The van der Waals surface area contributed by atoms with Crippen molar-refractivity contribution < 1.29 is 9.90 Å². The molecule has 0 saturated heterocycles. The molecule has 4 heteroatoms. The lowest BCUT2D eigenvalue weighted by Gasteiger charge is -2.27. The van der Waals surface area contributed by atoms with Crippen molar-refractivity contribution in [1.29, 1.82) is 0 Å². The SMILES string of the molecule is CN(C)c1ccc(NC(C)(C(=O)O)C2CC2)cc1. The van der Waals surface area contributed by atoms with E-state index in [4.69, 9.17) is 0 Å². The molecule has 1 aliphatic carbocycles. The minimum atomic E-state index is -0.848. The van der Waals surface area contributed by atoms with Crippen LogP contribution in [0.15, 0.2) is 24.3 Å². The van der Waals surface area contributed by atoms with E-state index in [9.17, 15) is 9.90 Å². The fourth-order valence-corrected chi connectivity index (χ4v) is 2.13. The summed E-state index contributed by atoms with van der Waals surface area (Å²) in [5.74, 6) is -0.537. The number of nitrogens with one attached hydrogen (secondary N) is 1. The maximum absolute atomic E-state index is 11.4. The highest BCUT2D eigenvalue weighted by Gasteiger charge is 2.47. The standard InChI is InChI=1S/C14H20N2O2/c1-14(13(17)18,10-4-5-10)15-11-6-8-12(9-7-11)16(2)3/h6-10,15H,4-5H2,1-3H3,(H,17,18). The third kappa shape index (κ3) is 2.42. The Morgan fingerprint density at radius 1 is 1.33 bits per heavy atom. The average molecular weight is 248 g/mol. The lowest BCUT2D eigenvalue weighted by molar-refractivity contribution is -0.142. The second-order valence-electron chi connectivity index (χ2n) is 5.35. The molecule has 1 aromatic rings. The van der Waals surface area contributed by atoms with Gasteiger partial charge in [0, 0.05) is 25.5 Å². The van der Waals surface area contributed by atoms with Crippen LogP contribution in [0, 0.1) is 5.92 Å². The van der Waals surface area contributed by atoms with Gasteiger partial charge in [0.05, 0.1) is 0 Å². The first-order valence-corrected chi connectivity index (χ1v) is 6.22. The summed E-state index contributed by atoms with van der Waals surface area (Å²) in [6.07, 6.45) is 1.98. The van der Waals surface area contributed by atoms with Gasteiger partial charge in [0.1, 0.15) is 5.54 Å². The number of carboxylic acids is 1. The molecule has 2 N–H and O–H groups in total. The molecule has 1 aliphatic rings. The minimum Gasteiger partial charge on any atom is -0.480 e. The summed E-state index contributed by atoms with van der Waals surface area (Å²) < 4.78 is 0. The zero-order valence-corrected chi connectivity index (χ0v) is 11.1. The van der Waals surface area contributed by atoms with Crippen LogP contribution in [0.3, 0.4) is 0 Å². The van der Waals surface area contributed by atoms with Crippen molar-refractivity contribution in [3.8, 4) is 0 Å². The molecule has 0 radical (unpaired) electrons. The molecule has 1 fully saturated rings. The van der Waals surface area contributed by atoms with Crippen LogP contribution in [0.25, 0.3) is 0 Å². The Morgan fingerprint density at radius 3 is 2.28 bits per heavy atom. The number of carbonyl (C=O) groups is 1. The molecule has 1 saturated carbocycles. The fraction of sp³-hybridized carbons (Fsp3) is 0.500. The molecule has 1 atom stereocenters. The maximum atomic E-state index is 11.4. The largest absolute Gasteiger partial charge is 0.480 e. The Bertz CT molecular complexity index is 438. The number of carboxylic acid groups (broad SMARTS) is 1. The number of aliphatic carboxylic acids is 1. The van der Waals surface area contributed by atoms with Gasteiger partial charge in [-0.25, -0.2) is 4.79 Å². The van der Waals surface area contributed by atoms with E-state index in [0.717, 1.165) is 24.2 Å². The summed E-state index contributed by atoms with van der Waals surface area (Å²) in [6, 6.07) is 7.83. The molecule has 0 aliphatic heterocycles. The highest BCUT2D eigenvalue weighted by Crippen LogP contribution is 2.41. The van der Waals surface area contributed by atoms with E-state index in [2.05, 4.69) is 5.32 Å². The summed E-state index contributed by atoms with van der Waals surface area (Å²) in [4.78, 5) is 13.4. The highest BCUT2D eigenvalue weighted by atomic mass is 16.4. The zero-order chi connectivity index (χ0) is 13.3. The lowest BCUT2D eigenvalue weighted by atomic mass is 9.95. The number of rotatable bonds is 5. The van der Waals surface area contributed by atoms with Gasteiger partial charge in [-0.1, -0.05) is 0 Å². The lowest BCUT2D eigenvalue weighted by Crippen LogP contribution is -2.45. The second-order valence-corrected chi connectivity index (χ2v) is 5.35. The van der Waals surface area contributed by atoms with Crippen molar-refractivity contribution in [2.75, 3.05) is 24.3 Å². The Hall–Kier alpha value is -1.71. The van der Waals surface area contributed by atoms with Crippen molar-refractivity contribution in [3.05, 3.63) is 24.3 Å². The fourth-order valence-electron chi connectivity index (χ4n) is 2.13.